The molecular weight excluding hydrogens is 376 g/mol. The summed E-state index contributed by atoms with van der Waals surface area (Å²) in [7, 11) is 1.42. The molecule has 0 N–H and O–H groups in total. The van der Waals surface area contributed by atoms with Crippen molar-refractivity contribution >= 4 is 5.78 Å². The molecule has 2 aliphatic rings. The van der Waals surface area contributed by atoms with Crippen molar-refractivity contribution in [3.63, 3.8) is 0 Å². The van der Waals surface area contributed by atoms with Crippen molar-refractivity contribution in [2.24, 2.45) is 0 Å². The topological polar surface area (TPSA) is 72.5 Å². The van der Waals surface area contributed by atoms with Crippen molar-refractivity contribution in [1.29, 1.82) is 0 Å². The Balaban J connectivity index is 1.41. The molecule has 154 valence electrons. The summed E-state index contributed by atoms with van der Waals surface area (Å²) in [4.78, 5) is 12.8. The summed E-state index contributed by atoms with van der Waals surface area (Å²) in [6.45, 7) is 0.601. The predicted octanol–water partition coefficient (Wildman–Crippen LogP) is 2.60. The molecule has 2 aromatic carbocycles. The van der Waals surface area contributed by atoms with Gasteiger partial charge in [0.05, 0.1) is 13.2 Å². The minimum absolute atomic E-state index is 0.0504. The van der Waals surface area contributed by atoms with Crippen molar-refractivity contribution < 1.29 is 33.2 Å². The first-order valence-electron chi connectivity index (χ1n) is 9.53. The van der Waals surface area contributed by atoms with E-state index in [1.54, 1.807) is 0 Å². The number of ether oxygens (including phenoxy) is 6. The van der Waals surface area contributed by atoms with E-state index in [-0.39, 0.29) is 19.2 Å². The highest BCUT2D eigenvalue weighted by Gasteiger charge is 2.50. The van der Waals surface area contributed by atoms with Crippen LogP contribution in [-0.2, 0) is 39.8 Å². The molecule has 7 heteroatoms. The van der Waals surface area contributed by atoms with E-state index in [0.29, 0.717) is 6.61 Å². The largest absolute Gasteiger partial charge is 0.351 e. The first-order valence-corrected chi connectivity index (χ1v) is 9.53. The summed E-state index contributed by atoms with van der Waals surface area (Å²) in [5.74, 6) is -0.328. The van der Waals surface area contributed by atoms with Crippen LogP contribution in [0.2, 0.25) is 0 Å². The smallest absolute Gasteiger partial charge is 0.220 e. The van der Waals surface area contributed by atoms with Crippen LogP contribution in [0.15, 0.2) is 60.7 Å². The molecule has 5 atom stereocenters. The Morgan fingerprint density at radius 3 is 2.45 bits per heavy atom. The van der Waals surface area contributed by atoms with Gasteiger partial charge in [-0.3, -0.25) is 4.79 Å². The van der Waals surface area contributed by atoms with Gasteiger partial charge < -0.3 is 28.4 Å². The minimum Gasteiger partial charge on any atom is -0.351 e. The number of rotatable bonds is 7. The zero-order valence-corrected chi connectivity index (χ0v) is 16.1. The lowest BCUT2D eigenvalue weighted by Gasteiger charge is -2.44. The van der Waals surface area contributed by atoms with E-state index < -0.39 is 30.9 Å². The summed E-state index contributed by atoms with van der Waals surface area (Å²) < 4.78 is 34.1. The lowest BCUT2D eigenvalue weighted by atomic mass is 9.99. The van der Waals surface area contributed by atoms with Crippen molar-refractivity contribution in [2.45, 2.75) is 37.5 Å². The van der Waals surface area contributed by atoms with Crippen molar-refractivity contribution in [2.75, 3.05) is 20.5 Å². The van der Waals surface area contributed by atoms with Gasteiger partial charge in [0.2, 0.25) is 12.1 Å². The van der Waals surface area contributed by atoms with Crippen molar-refractivity contribution in [3.8, 4) is 0 Å². The third-order valence-corrected chi connectivity index (χ3v) is 4.90. The average molecular weight is 400 g/mol. The molecule has 0 aromatic heterocycles. The first kappa shape index (κ1) is 20.2. The molecule has 2 heterocycles. The molecule has 0 bridgehead atoms. The second kappa shape index (κ2) is 9.58. The molecule has 0 saturated carbocycles. The van der Waals surface area contributed by atoms with E-state index >= 15 is 0 Å². The van der Waals surface area contributed by atoms with Crippen LogP contribution >= 0.6 is 0 Å². The fourth-order valence-electron chi connectivity index (χ4n) is 3.44. The number of carbonyl (C=O) groups is 1. The number of hydrogen-bond donors (Lipinski definition) is 0. The normalized spacial score (nSPS) is 29.4. The molecule has 0 aliphatic carbocycles. The summed E-state index contributed by atoms with van der Waals surface area (Å²) in [5, 5.41) is 0. The van der Waals surface area contributed by atoms with Gasteiger partial charge in [0.25, 0.3) is 0 Å². The van der Waals surface area contributed by atoms with E-state index in [2.05, 4.69) is 0 Å². The quantitative estimate of drug-likeness (QED) is 0.523. The number of methoxy groups -OCH3 is 1. The van der Waals surface area contributed by atoms with Crippen LogP contribution in [0.3, 0.4) is 0 Å². The molecule has 2 saturated heterocycles. The van der Waals surface area contributed by atoms with Crippen molar-refractivity contribution in [1.82, 2.24) is 0 Å². The van der Waals surface area contributed by atoms with Crippen LogP contribution < -0.4 is 0 Å². The molecule has 0 radical (unpaired) electrons. The molecule has 0 spiro atoms. The molecule has 0 amide bonds. The Hall–Kier alpha value is -2.13. The maximum atomic E-state index is 12.8. The average Bonchev–Trinajstić information content (AvgIpc) is 2.78. The van der Waals surface area contributed by atoms with E-state index in [1.807, 2.05) is 60.7 Å². The highest BCUT2D eigenvalue weighted by Crippen LogP contribution is 2.34. The third kappa shape index (κ3) is 4.72. The Kier molecular flexibility index (Phi) is 6.66. The highest BCUT2D eigenvalue weighted by molar-refractivity contribution is 5.87. The van der Waals surface area contributed by atoms with E-state index in [9.17, 15) is 4.79 Å². The fraction of sp³-hybridized carbons (Fsp3) is 0.409. The number of benzene rings is 2. The van der Waals surface area contributed by atoms with Crippen LogP contribution in [0.5, 0.6) is 0 Å². The molecule has 2 aliphatic heterocycles. The van der Waals surface area contributed by atoms with Crippen LogP contribution in [0.1, 0.15) is 17.4 Å². The monoisotopic (exact) mass is 400 g/mol. The van der Waals surface area contributed by atoms with Gasteiger partial charge in [-0.05, 0) is 5.56 Å². The number of carbonyl (C=O) groups excluding carboxylic acids is 1. The van der Waals surface area contributed by atoms with Crippen LogP contribution in [-0.4, -0.2) is 50.9 Å². The van der Waals surface area contributed by atoms with Crippen molar-refractivity contribution in [3.05, 3.63) is 71.8 Å². The Morgan fingerprint density at radius 2 is 1.72 bits per heavy atom. The second-order valence-corrected chi connectivity index (χ2v) is 6.86. The lowest BCUT2D eigenvalue weighted by molar-refractivity contribution is -0.325. The molecule has 2 fully saturated rings. The zero-order valence-electron chi connectivity index (χ0n) is 16.1. The SMILES string of the molecule is CO[C@H]1O[C@@H]2CO[C@@H](c3ccccc3)O[C@H]2[C@@H](OCOCc2ccccc2)C1=O. The van der Waals surface area contributed by atoms with Crippen LogP contribution in [0.4, 0.5) is 0 Å². The molecule has 2 aromatic rings. The molecule has 4 rings (SSSR count). The second-order valence-electron chi connectivity index (χ2n) is 6.86. The Labute approximate surface area is 169 Å². The zero-order chi connectivity index (χ0) is 20.1. The standard InChI is InChI=1S/C22H24O7/c1-24-22-18(23)20(27-14-25-12-15-8-4-2-5-9-15)19-17(28-22)13-26-21(29-19)16-10-6-3-7-11-16/h2-11,17,19-22H,12-14H2,1H3/t17-,19-,20+,21-,22+/m1/s1. The van der Waals surface area contributed by atoms with Crippen LogP contribution in [0.25, 0.3) is 0 Å². The van der Waals surface area contributed by atoms with E-state index in [1.165, 1.54) is 7.11 Å². The van der Waals surface area contributed by atoms with E-state index in [0.717, 1.165) is 11.1 Å². The summed E-state index contributed by atoms with van der Waals surface area (Å²) in [5.41, 5.74) is 1.89. The first-order chi connectivity index (χ1) is 14.3. The minimum atomic E-state index is -1.02. The maximum Gasteiger partial charge on any atom is 0.220 e. The van der Waals surface area contributed by atoms with Crippen LogP contribution in [0, 0.1) is 0 Å². The van der Waals surface area contributed by atoms with Gasteiger partial charge in [0.15, 0.2) is 12.4 Å². The van der Waals surface area contributed by atoms with Gasteiger partial charge in [0, 0.05) is 12.7 Å². The number of Topliss-reactive ketones (excluding diaryl/α,β-unsaturated/α-hetero) is 1. The van der Waals surface area contributed by atoms with Gasteiger partial charge in [0.1, 0.15) is 19.0 Å². The lowest BCUT2D eigenvalue weighted by Crippen LogP contribution is -2.61. The number of fused-ring (bicyclic) bond motifs is 1. The predicted molar refractivity (Wildman–Crippen MR) is 102 cm³/mol. The summed E-state index contributed by atoms with van der Waals surface area (Å²) in [6, 6.07) is 19.3. The maximum absolute atomic E-state index is 12.8. The Bertz CT molecular complexity index is 782. The number of hydrogen-bond acceptors (Lipinski definition) is 7. The van der Waals surface area contributed by atoms with Gasteiger partial charge >= 0.3 is 0 Å². The van der Waals surface area contributed by atoms with Gasteiger partial charge in [-0.25, -0.2) is 0 Å². The molecular formula is C22H24O7. The molecule has 29 heavy (non-hydrogen) atoms. The Morgan fingerprint density at radius 1 is 1.00 bits per heavy atom. The fourth-order valence-corrected chi connectivity index (χ4v) is 3.44. The summed E-state index contributed by atoms with van der Waals surface area (Å²) in [6.07, 6.45) is -3.57. The number of ketones is 1. The third-order valence-electron chi connectivity index (χ3n) is 4.90. The summed E-state index contributed by atoms with van der Waals surface area (Å²) >= 11 is 0. The molecule has 7 nitrogen and oxygen atoms in total. The highest BCUT2D eigenvalue weighted by atomic mass is 16.8. The van der Waals surface area contributed by atoms with Gasteiger partial charge in [-0.2, -0.15) is 0 Å². The molecule has 0 unspecified atom stereocenters. The van der Waals surface area contributed by atoms with Gasteiger partial charge in [-0.15, -0.1) is 0 Å². The van der Waals surface area contributed by atoms with E-state index in [4.69, 9.17) is 28.4 Å². The van der Waals surface area contributed by atoms with Gasteiger partial charge in [-0.1, -0.05) is 60.7 Å².